The normalized spacial score (nSPS) is 21.2. The lowest BCUT2D eigenvalue weighted by Crippen LogP contribution is -2.50. The van der Waals surface area contributed by atoms with E-state index in [1.807, 2.05) is 0 Å². The van der Waals surface area contributed by atoms with Crippen LogP contribution in [-0.4, -0.2) is 142 Å². The van der Waals surface area contributed by atoms with Gasteiger partial charge in [0.05, 0.1) is 19.7 Å². The van der Waals surface area contributed by atoms with Gasteiger partial charge in [-0.15, -0.1) is 0 Å². The fourth-order valence-corrected chi connectivity index (χ4v) is 4.04. The molecule has 2 saturated heterocycles. The van der Waals surface area contributed by atoms with Gasteiger partial charge in [0.25, 0.3) is 0 Å². The summed E-state index contributed by atoms with van der Waals surface area (Å²) in [5, 5.41) is 6.60. The highest BCUT2D eigenvalue weighted by atomic mass is 16.5. The minimum absolute atomic E-state index is 0.0442. The van der Waals surface area contributed by atoms with E-state index in [4.69, 9.17) is 4.74 Å². The van der Waals surface area contributed by atoms with Gasteiger partial charge in [0.15, 0.2) is 5.78 Å². The standard InChI is InChI=1S/C21H38N6O5/c1-32-21(31)3-2-19(27-11-7-23-6-10-26(18-29)14-15-27)20(30)16-24-8-4-22-5-9-25(17-28)13-12-24/h17-19,22-23H,2-16H2,1H3. The van der Waals surface area contributed by atoms with Gasteiger partial charge in [-0.1, -0.05) is 0 Å². The van der Waals surface area contributed by atoms with Crippen molar-refractivity contribution in [2.24, 2.45) is 0 Å². The zero-order chi connectivity index (χ0) is 23.2. The van der Waals surface area contributed by atoms with Gasteiger partial charge in [-0.2, -0.15) is 0 Å². The fourth-order valence-electron chi connectivity index (χ4n) is 4.04. The fraction of sp³-hybridized carbons (Fsp3) is 0.810. The molecule has 11 heteroatoms. The number of carbonyl (C=O) groups is 4. The number of ether oxygens (including phenoxy) is 1. The van der Waals surface area contributed by atoms with E-state index in [0.717, 1.165) is 25.9 Å². The van der Waals surface area contributed by atoms with Crippen LogP contribution < -0.4 is 10.6 Å². The molecule has 1 unspecified atom stereocenters. The number of hydrogen-bond acceptors (Lipinski definition) is 9. The topological polar surface area (TPSA) is 115 Å². The smallest absolute Gasteiger partial charge is 0.305 e. The van der Waals surface area contributed by atoms with Crippen LogP contribution in [0.2, 0.25) is 0 Å². The summed E-state index contributed by atoms with van der Waals surface area (Å²) in [5.74, 6) is -0.295. The molecule has 0 aromatic rings. The highest BCUT2D eigenvalue weighted by molar-refractivity contribution is 5.86. The molecule has 2 rings (SSSR count). The molecular formula is C21H38N6O5. The van der Waals surface area contributed by atoms with Crippen LogP contribution in [0.4, 0.5) is 0 Å². The molecule has 2 N–H and O–H groups in total. The Bertz CT molecular complexity index is 607. The summed E-state index contributed by atoms with van der Waals surface area (Å²) >= 11 is 0. The molecule has 0 bridgehead atoms. The highest BCUT2D eigenvalue weighted by Crippen LogP contribution is 2.12. The molecule has 0 aliphatic carbocycles. The van der Waals surface area contributed by atoms with E-state index in [1.165, 1.54) is 7.11 Å². The molecule has 0 aromatic carbocycles. The number of esters is 1. The largest absolute Gasteiger partial charge is 0.469 e. The number of nitrogens with zero attached hydrogens (tertiary/aromatic N) is 4. The van der Waals surface area contributed by atoms with Crippen LogP contribution in [-0.2, 0) is 23.9 Å². The minimum atomic E-state index is -0.440. The Morgan fingerprint density at radius 2 is 1.44 bits per heavy atom. The molecule has 2 aliphatic rings. The number of rotatable bonds is 9. The first kappa shape index (κ1) is 26.2. The van der Waals surface area contributed by atoms with Crippen molar-refractivity contribution < 1.29 is 23.9 Å². The second-order valence-electron chi connectivity index (χ2n) is 8.19. The Hall–Kier alpha value is -2.08. The second-order valence-corrected chi connectivity index (χ2v) is 8.19. The van der Waals surface area contributed by atoms with Crippen molar-refractivity contribution in [3.63, 3.8) is 0 Å². The maximum absolute atomic E-state index is 13.4. The Morgan fingerprint density at radius 1 is 0.844 bits per heavy atom. The highest BCUT2D eigenvalue weighted by Gasteiger charge is 2.28. The maximum Gasteiger partial charge on any atom is 0.305 e. The van der Waals surface area contributed by atoms with Gasteiger partial charge >= 0.3 is 5.97 Å². The van der Waals surface area contributed by atoms with Gasteiger partial charge in [-0.25, -0.2) is 0 Å². The molecule has 11 nitrogen and oxygen atoms in total. The third kappa shape index (κ3) is 9.19. The number of hydrogen-bond donors (Lipinski definition) is 2. The SMILES string of the molecule is COC(=O)CCC(C(=O)CN1CCNCCN(C=O)CC1)N1CCNCCN(C=O)CC1. The predicted octanol–water partition coefficient (Wildman–Crippen LogP) is -2.40. The molecule has 2 amide bonds. The van der Waals surface area contributed by atoms with Gasteiger partial charge in [-0.3, -0.25) is 29.0 Å². The number of amides is 2. The van der Waals surface area contributed by atoms with Crippen molar-refractivity contribution in [3.8, 4) is 0 Å². The van der Waals surface area contributed by atoms with Crippen molar-refractivity contribution in [1.29, 1.82) is 0 Å². The molecule has 182 valence electrons. The van der Waals surface area contributed by atoms with E-state index in [2.05, 4.69) is 20.4 Å². The van der Waals surface area contributed by atoms with Crippen LogP contribution in [0.15, 0.2) is 0 Å². The third-order valence-electron chi connectivity index (χ3n) is 6.05. The van der Waals surface area contributed by atoms with E-state index in [-0.39, 0.29) is 24.7 Å². The van der Waals surface area contributed by atoms with Crippen LogP contribution >= 0.6 is 0 Å². The minimum Gasteiger partial charge on any atom is -0.469 e. The average Bonchev–Trinajstić information content (AvgIpc) is 2.99. The van der Waals surface area contributed by atoms with Gasteiger partial charge < -0.3 is 25.2 Å². The molecular weight excluding hydrogens is 416 g/mol. The third-order valence-corrected chi connectivity index (χ3v) is 6.05. The zero-order valence-corrected chi connectivity index (χ0v) is 19.2. The summed E-state index contributed by atoms with van der Waals surface area (Å²) in [6.07, 6.45) is 2.22. The number of ketones is 1. The first-order chi connectivity index (χ1) is 15.6. The molecule has 0 spiro atoms. The van der Waals surface area contributed by atoms with E-state index in [1.54, 1.807) is 9.80 Å². The van der Waals surface area contributed by atoms with E-state index in [9.17, 15) is 19.2 Å². The zero-order valence-electron chi connectivity index (χ0n) is 19.2. The lowest BCUT2D eigenvalue weighted by atomic mass is 10.0. The van der Waals surface area contributed by atoms with E-state index < -0.39 is 6.04 Å². The van der Waals surface area contributed by atoms with E-state index in [0.29, 0.717) is 71.9 Å². The monoisotopic (exact) mass is 454 g/mol. The van der Waals surface area contributed by atoms with E-state index >= 15 is 0 Å². The summed E-state index contributed by atoms with van der Waals surface area (Å²) in [4.78, 5) is 55.3. The second kappa shape index (κ2) is 14.9. The number of Topliss-reactive ketones (excluding diaryl/α,β-unsaturated/α-hetero) is 1. The van der Waals surface area contributed by atoms with Crippen molar-refractivity contribution in [3.05, 3.63) is 0 Å². The molecule has 2 fully saturated rings. The van der Waals surface area contributed by atoms with Crippen molar-refractivity contribution in [2.75, 3.05) is 92.2 Å². The molecule has 2 heterocycles. The Balaban J connectivity index is 2.08. The lowest BCUT2D eigenvalue weighted by molar-refractivity contribution is -0.141. The quantitative estimate of drug-likeness (QED) is 0.291. The first-order valence-electron chi connectivity index (χ1n) is 11.4. The molecule has 0 radical (unpaired) electrons. The lowest BCUT2D eigenvalue weighted by Gasteiger charge is -2.33. The van der Waals surface area contributed by atoms with Gasteiger partial charge in [-0.05, 0) is 6.42 Å². The van der Waals surface area contributed by atoms with Crippen molar-refractivity contribution >= 4 is 24.6 Å². The average molecular weight is 455 g/mol. The van der Waals surface area contributed by atoms with Crippen LogP contribution in [0, 0.1) is 0 Å². The Labute approximate surface area is 190 Å². The molecule has 2 aliphatic heterocycles. The molecule has 1 atom stereocenters. The Morgan fingerprint density at radius 3 is 2.06 bits per heavy atom. The van der Waals surface area contributed by atoms with Crippen LogP contribution in [0.3, 0.4) is 0 Å². The number of methoxy groups -OCH3 is 1. The summed E-state index contributed by atoms with van der Waals surface area (Å²) in [5.41, 5.74) is 0. The summed E-state index contributed by atoms with van der Waals surface area (Å²) in [7, 11) is 1.35. The van der Waals surface area contributed by atoms with Gasteiger partial charge in [0.2, 0.25) is 12.8 Å². The first-order valence-corrected chi connectivity index (χ1v) is 11.4. The number of nitrogens with one attached hydrogen (secondary N) is 2. The van der Waals surface area contributed by atoms with Crippen LogP contribution in [0.5, 0.6) is 0 Å². The van der Waals surface area contributed by atoms with Crippen LogP contribution in [0.1, 0.15) is 12.8 Å². The Kier molecular flexibility index (Phi) is 12.2. The predicted molar refractivity (Wildman–Crippen MR) is 119 cm³/mol. The van der Waals surface area contributed by atoms with Crippen LogP contribution in [0.25, 0.3) is 0 Å². The van der Waals surface area contributed by atoms with Crippen molar-refractivity contribution in [2.45, 2.75) is 18.9 Å². The van der Waals surface area contributed by atoms with Gasteiger partial charge in [0.1, 0.15) is 0 Å². The molecule has 0 aromatic heterocycles. The van der Waals surface area contributed by atoms with Gasteiger partial charge in [0, 0.05) is 85.0 Å². The van der Waals surface area contributed by atoms with Crippen molar-refractivity contribution in [1.82, 2.24) is 30.2 Å². The summed E-state index contributed by atoms with van der Waals surface area (Å²) in [6.45, 7) is 8.10. The molecule has 32 heavy (non-hydrogen) atoms. The summed E-state index contributed by atoms with van der Waals surface area (Å²) in [6, 6.07) is -0.440. The summed E-state index contributed by atoms with van der Waals surface area (Å²) < 4.78 is 4.79. The molecule has 0 saturated carbocycles. The maximum atomic E-state index is 13.4. The number of carbonyl (C=O) groups excluding carboxylic acids is 4.